The number of nitrogen functional groups attached to an aromatic ring is 1. The van der Waals surface area contributed by atoms with Crippen LogP contribution in [0.15, 0.2) is 40.9 Å². The Bertz CT molecular complexity index is 641. The zero-order chi connectivity index (χ0) is 14.0. The lowest BCUT2D eigenvalue weighted by Gasteiger charge is -2.12. The molecule has 0 aliphatic heterocycles. The van der Waals surface area contributed by atoms with E-state index in [2.05, 4.69) is 15.9 Å². The van der Waals surface area contributed by atoms with E-state index >= 15 is 0 Å². The summed E-state index contributed by atoms with van der Waals surface area (Å²) in [5.74, 6) is 0.472. The maximum absolute atomic E-state index is 11.4. The Morgan fingerprint density at radius 2 is 1.89 bits per heavy atom. The molecule has 2 aromatic carbocycles. The molecule has 1 amide bonds. The predicted octanol–water partition coefficient (Wildman–Crippen LogP) is 3.23. The molecule has 0 atom stereocenters. The first-order valence-corrected chi connectivity index (χ1v) is 6.40. The van der Waals surface area contributed by atoms with Crippen LogP contribution in [0, 0.1) is 6.92 Å². The molecule has 98 valence electrons. The summed E-state index contributed by atoms with van der Waals surface area (Å²) in [5.41, 5.74) is 12.6. The number of benzene rings is 2. The average molecular weight is 321 g/mol. The highest BCUT2D eigenvalue weighted by Gasteiger charge is 2.12. The lowest BCUT2D eigenvalue weighted by Crippen LogP contribution is -2.12. The van der Waals surface area contributed by atoms with Crippen LogP contribution in [0.4, 0.5) is 5.69 Å². The molecule has 0 aliphatic carbocycles. The molecule has 0 spiro atoms. The summed E-state index contributed by atoms with van der Waals surface area (Å²) < 4.78 is 6.64. The van der Waals surface area contributed by atoms with Crippen LogP contribution in [0.2, 0.25) is 0 Å². The van der Waals surface area contributed by atoms with Gasteiger partial charge in [-0.15, -0.1) is 0 Å². The zero-order valence-electron chi connectivity index (χ0n) is 10.3. The standard InChI is InChI=1S/C14H13BrN2O2/c1-8-2-3-9(15)6-13(8)19-12-5-4-10(16)7-11(12)14(17)18/h2-7H,16H2,1H3,(H2,17,18). The van der Waals surface area contributed by atoms with Gasteiger partial charge in [-0.05, 0) is 42.8 Å². The number of ether oxygens (including phenoxy) is 1. The van der Waals surface area contributed by atoms with Crippen molar-refractivity contribution in [3.05, 3.63) is 52.0 Å². The topological polar surface area (TPSA) is 78.3 Å². The molecule has 19 heavy (non-hydrogen) atoms. The van der Waals surface area contributed by atoms with E-state index in [9.17, 15) is 4.79 Å². The van der Waals surface area contributed by atoms with Crippen molar-refractivity contribution in [2.24, 2.45) is 5.73 Å². The largest absolute Gasteiger partial charge is 0.456 e. The van der Waals surface area contributed by atoms with Crippen LogP contribution in [0.3, 0.4) is 0 Å². The van der Waals surface area contributed by atoms with E-state index in [1.165, 1.54) is 6.07 Å². The number of carbonyl (C=O) groups is 1. The Kier molecular flexibility index (Phi) is 3.76. The number of primary amides is 1. The molecule has 2 rings (SSSR count). The minimum atomic E-state index is -0.574. The summed E-state index contributed by atoms with van der Waals surface area (Å²) in [5, 5.41) is 0. The quantitative estimate of drug-likeness (QED) is 0.852. The fraction of sp³-hybridized carbons (Fsp3) is 0.0714. The summed E-state index contributed by atoms with van der Waals surface area (Å²) in [4.78, 5) is 11.4. The molecule has 0 unspecified atom stereocenters. The van der Waals surface area contributed by atoms with E-state index in [0.717, 1.165) is 10.0 Å². The van der Waals surface area contributed by atoms with E-state index in [-0.39, 0.29) is 5.56 Å². The van der Waals surface area contributed by atoms with Crippen LogP contribution in [0.1, 0.15) is 15.9 Å². The maximum atomic E-state index is 11.4. The molecule has 0 bridgehead atoms. The Morgan fingerprint density at radius 3 is 2.58 bits per heavy atom. The first-order valence-electron chi connectivity index (χ1n) is 5.60. The van der Waals surface area contributed by atoms with Crippen molar-refractivity contribution < 1.29 is 9.53 Å². The van der Waals surface area contributed by atoms with Gasteiger partial charge in [0.2, 0.25) is 0 Å². The molecule has 4 N–H and O–H groups in total. The van der Waals surface area contributed by atoms with Gasteiger partial charge in [-0.3, -0.25) is 4.79 Å². The smallest absolute Gasteiger partial charge is 0.252 e. The maximum Gasteiger partial charge on any atom is 0.252 e. The van der Waals surface area contributed by atoms with Crippen molar-refractivity contribution in [1.82, 2.24) is 0 Å². The molecule has 0 saturated heterocycles. The van der Waals surface area contributed by atoms with Crippen molar-refractivity contribution >= 4 is 27.5 Å². The van der Waals surface area contributed by atoms with Crippen molar-refractivity contribution in [3.63, 3.8) is 0 Å². The van der Waals surface area contributed by atoms with Crippen molar-refractivity contribution in [2.45, 2.75) is 6.92 Å². The first kappa shape index (κ1) is 13.4. The molecule has 5 heteroatoms. The second-order valence-corrected chi connectivity index (χ2v) is 5.05. The first-order chi connectivity index (χ1) is 8.97. The van der Waals surface area contributed by atoms with Gasteiger partial charge in [0.05, 0.1) is 5.56 Å². The number of anilines is 1. The molecule has 0 fully saturated rings. The normalized spacial score (nSPS) is 10.2. The second kappa shape index (κ2) is 5.32. The number of nitrogens with two attached hydrogens (primary N) is 2. The van der Waals surface area contributed by atoms with Gasteiger partial charge in [-0.25, -0.2) is 0 Å². The van der Waals surface area contributed by atoms with Crippen LogP contribution in [-0.2, 0) is 0 Å². The van der Waals surface area contributed by atoms with Gasteiger partial charge in [0.1, 0.15) is 11.5 Å². The third-order valence-electron chi connectivity index (χ3n) is 2.64. The fourth-order valence-electron chi connectivity index (χ4n) is 1.63. The van der Waals surface area contributed by atoms with E-state index in [0.29, 0.717) is 17.2 Å². The summed E-state index contributed by atoms with van der Waals surface area (Å²) in [7, 11) is 0. The van der Waals surface area contributed by atoms with E-state index < -0.39 is 5.91 Å². The molecule has 0 aliphatic rings. The van der Waals surface area contributed by atoms with Gasteiger partial charge in [0.25, 0.3) is 5.91 Å². The lowest BCUT2D eigenvalue weighted by atomic mass is 10.1. The average Bonchev–Trinajstić information content (AvgIpc) is 2.35. The summed E-state index contributed by atoms with van der Waals surface area (Å²) in [6.07, 6.45) is 0. The number of hydrogen-bond donors (Lipinski definition) is 2. The third-order valence-corrected chi connectivity index (χ3v) is 3.13. The highest BCUT2D eigenvalue weighted by atomic mass is 79.9. The van der Waals surface area contributed by atoms with Crippen molar-refractivity contribution in [2.75, 3.05) is 5.73 Å². The third kappa shape index (κ3) is 3.06. The Hall–Kier alpha value is -2.01. The molecular weight excluding hydrogens is 308 g/mol. The number of carbonyl (C=O) groups excluding carboxylic acids is 1. The Morgan fingerprint density at radius 1 is 1.16 bits per heavy atom. The van der Waals surface area contributed by atoms with Gasteiger partial charge in [0, 0.05) is 10.2 Å². The Balaban J connectivity index is 2.43. The molecule has 0 radical (unpaired) electrons. The zero-order valence-corrected chi connectivity index (χ0v) is 11.9. The summed E-state index contributed by atoms with van der Waals surface area (Å²) in [6.45, 7) is 1.92. The van der Waals surface area contributed by atoms with Crippen LogP contribution >= 0.6 is 15.9 Å². The number of hydrogen-bond acceptors (Lipinski definition) is 3. The van der Waals surface area contributed by atoms with Gasteiger partial charge in [-0.1, -0.05) is 22.0 Å². The van der Waals surface area contributed by atoms with E-state index in [1.807, 2.05) is 25.1 Å². The lowest BCUT2D eigenvalue weighted by molar-refractivity contribution is 0.0998. The molecule has 0 saturated carbocycles. The van der Waals surface area contributed by atoms with Gasteiger partial charge in [-0.2, -0.15) is 0 Å². The molecule has 0 heterocycles. The van der Waals surface area contributed by atoms with Gasteiger partial charge in [0.15, 0.2) is 0 Å². The Labute approximate surface area is 119 Å². The molecular formula is C14H13BrN2O2. The van der Waals surface area contributed by atoms with Crippen LogP contribution in [-0.4, -0.2) is 5.91 Å². The van der Waals surface area contributed by atoms with Crippen LogP contribution in [0.5, 0.6) is 11.5 Å². The van der Waals surface area contributed by atoms with Crippen LogP contribution in [0.25, 0.3) is 0 Å². The summed E-state index contributed by atoms with van der Waals surface area (Å²) >= 11 is 3.38. The number of rotatable bonds is 3. The minimum absolute atomic E-state index is 0.263. The van der Waals surface area contributed by atoms with Crippen LogP contribution < -0.4 is 16.2 Å². The number of amides is 1. The highest BCUT2D eigenvalue weighted by molar-refractivity contribution is 9.10. The monoisotopic (exact) mass is 320 g/mol. The number of aryl methyl sites for hydroxylation is 1. The van der Waals surface area contributed by atoms with Crippen molar-refractivity contribution in [1.29, 1.82) is 0 Å². The van der Waals surface area contributed by atoms with Gasteiger partial charge < -0.3 is 16.2 Å². The predicted molar refractivity (Wildman–Crippen MR) is 78.3 cm³/mol. The SMILES string of the molecule is Cc1ccc(Br)cc1Oc1ccc(N)cc1C(N)=O. The fourth-order valence-corrected chi connectivity index (χ4v) is 1.97. The second-order valence-electron chi connectivity index (χ2n) is 4.13. The van der Waals surface area contributed by atoms with Gasteiger partial charge >= 0.3 is 0 Å². The highest BCUT2D eigenvalue weighted by Crippen LogP contribution is 2.31. The van der Waals surface area contributed by atoms with E-state index in [4.69, 9.17) is 16.2 Å². The molecule has 4 nitrogen and oxygen atoms in total. The number of halogens is 1. The summed E-state index contributed by atoms with van der Waals surface area (Å²) in [6, 6.07) is 10.5. The molecule has 2 aromatic rings. The minimum Gasteiger partial charge on any atom is -0.456 e. The molecule has 0 aromatic heterocycles. The van der Waals surface area contributed by atoms with E-state index in [1.54, 1.807) is 12.1 Å². The van der Waals surface area contributed by atoms with Crippen molar-refractivity contribution in [3.8, 4) is 11.5 Å².